The fourth-order valence-electron chi connectivity index (χ4n) is 3.93. The molecule has 1 aromatic heterocycles. The highest BCUT2D eigenvalue weighted by molar-refractivity contribution is 5.94. The lowest BCUT2D eigenvalue weighted by molar-refractivity contribution is 0.134. The first-order valence-corrected chi connectivity index (χ1v) is 9.92. The predicted octanol–water partition coefficient (Wildman–Crippen LogP) is 5.43. The largest absolute Gasteiger partial charge is 0.380 e. The monoisotopic (exact) mass is 379 g/mol. The molecule has 2 heterocycles. The summed E-state index contributed by atoms with van der Waals surface area (Å²) in [5.74, 6) is -0.238. The number of nitrogens with zero attached hydrogens (tertiary/aromatic N) is 2. The normalized spacial score (nSPS) is 16.7. The summed E-state index contributed by atoms with van der Waals surface area (Å²) in [7, 11) is 0. The minimum atomic E-state index is -0.238. The lowest BCUT2D eigenvalue weighted by atomic mass is 10.1. The maximum Gasteiger partial charge on any atom is 0.123 e. The van der Waals surface area contributed by atoms with E-state index in [1.54, 1.807) is 12.1 Å². The Morgan fingerprint density at radius 1 is 1.14 bits per heavy atom. The molecule has 3 aromatic rings. The number of benzene rings is 2. The van der Waals surface area contributed by atoms with Crippen LogP contribution in [0.1, 0.15) is 25.5 Å². The quantitative estimate of drug-likeness (QED) is 0.620. The number of halogens is 1. The van der Waals surface area contributed by atoms with Crippen molar-refractivity contribution in [1.82, 2.24) is 4.98 Å². The number of anilines is 3. The van der Waals surface area contributed by atoms with Gasteiger partial charge in [0.15, 0.2) is 0 Å². The molecule has 1 N–H and O–H groups in total. The first-order valence-electron chi connectivity index (χ1n) is 9.92. The molecule has 1 aliphatic rings. The van der Waals surface area contributed by atoms with Crippen molar-refractivity contribution in [3.05, 3.63) is 60.0 Å². The summed E-state index contributed by atoms with van der Waals surface area (Å²) >= 11 is 0. The Labute approximate surface area is 165 Å². The Balaban J connectivity index is 1.66. The highest BCUT2D eigenvalue weighted by Crippen LogP contribution is 2.34. The van der Waals surface area contributed by atoms with Gasteiger partial charge in [-0.05, 0) is 75.2 Å². The third kappa shape index (κ3) is 3.94. The van der Waals surface area contributed by atoms with Crippen molar-refractivity contribution in [2.75, 3.05) is 30.0 Å². The lowest BCUT2D eigenvalue weighted by Gasteiger charge is -2.28. The molecule has 28 heavy (non-hydrogen) atoms. The van der Waals surface area contributed by atoms with Crippen molar-refractivity contribution >= 4 is 28.0 Å². The van der Waals surface area contributed by atoms with E-state index in [-0.39, 0.29) is 5.82 Å². The Morgan fingerprint density at radius 3 is 2.71 bits per heavy atom. The molecular weight excluding hydrogens is 353 g/mol. The number of pyridine rings is 1. The number of aryl methyl sites for hydroxylation is 1. The van der Waals surface area contributed by atoms with Gasteiger partial charge in [0.25, 0.3) is 0 Å². The van der Waals surface area contributed by atoms with E-state index in [0.717, 1.165) is 54.2 Å². The van der Waals surface area contributed by atoms with Gasteiger partial charge in [0, 0.05) is 41.3 Å². The van der Waals surface area contributed by atoms with Gasteiger partial charge in [-0.1, -0.05) is 0 Å². The van der Waals surface area contributed by atoms with Crippen LogP contribution in [0.2, 0.25) is 0 Å². The number of hydrogen-bond acceptors (Lipinski definition) is 4. The molecule has 1 atom stereocenters. The van der Waals surface area contributed by atoms with E-state index in [9.17, 15) is 4.39 Å². The van der Waals surface area contributed by atoms with E-state index in [2.05, 4.69) is 34.5 Å². The van der Waals surface area contributed by atoms with Crippen molar-refractivity contribution in [1.29, 1.82) is 0 Å². The first kappa shape index (κ1) is 18.7. The van der Waals surface area contributed by atoms with Crippen LogP contribution in [0.4, 0.5) is 21.5 Å². The predicted molar refractivity (Wildman–Crippen MR) is 113 cm³/mol. The third-order valence-corrected chi connectivity index (χ3v) is 5.25. The second-order valence-corrected chi connectivity index (χ2v) is 7.30. The summed E-state index contributed by atoms with van der Waals surface area (Å²) in [4.78, 5) is 7.23. The highest BCUT2D eigenvalue weighted by Gasteiger charge is 2.26. The second kappa shape index (κ2) is 8.15. The smallest absolute Gasteiger partial charge is 0.123 e. The summed E-state index contributed by atoms with van der Waals surface area (Å²) in [6.45, 7) is 6.64. The maximum atomic E-state index is 13.1. The molecule has 5 heteroatoms. The van der Waals surface area contributed by atoms with Crippen molar-refractivity contribution in [3.63, 3.8) is 0 Å². The first-order chi connectivity index (χ1) is 13.6. The summed E-state index contributed by atoms with van der Waals surface area (Å²) < 4.78 is 18.8. The number of nitrogens with one attached hydrogen (secondary N) is 1. The molecule has 1 fully saturated rings. The Morgan fingerprint density at radius 2 is 1.93 bits per heavy atom. The van der Waals surface area contributed by atoms with Gasteiger partial charge in [0.05, 0.1) is 18.2 Å². The molecular formula is C23H26FN3O. The van der Waals surface area contributed by atoms with Crippen LogP contribution in [0.25, 0.3) is 10.9 Å². The third-order valence-electron chi connectivity index (χ3n) is 5.25. The van der Waals surface area contributed by atoms with Crippen molar-refractivity contribution in [2.45, 2.75) is 32.7 Å². The van der Waals surface area contributed by atoms with Crippen LogP contribution in [0.3, 0.4) is 0 Å². The Kier molecular flexibility index (Phi) is 5.44. The number of ether oxygens (including phenoxy) is 1. The number of aromatic nitrogens is 1. The van der Waals surface area contributed by atoms with Crippen LogP contribution < -0.4 is 10.2 Å². The van der Waals surface area contributed by atoms with Gasteiger partial charge in [-0.25, -0.2) is 4.39 Å². The van der Waals surface area contributed by atoms with Crippen LogP contribution in [0.15, 0.2) is 48.5 Å². The topological polar surface area (TPSA) is 37.4 Å². The zero-order chi connectivity index (χ0) is 19.5. The molecule has 4 nitrogen and oxygen atoms in total. The van der Waals surface area contributed by atoms with E-state index in [0.29, 0.717) is 6.04 Å². The Hall–Kier alpha value is -2.66. The van der Waals surface area contributed by atoms with Gasteiger partial charge in [-0.2, -0.15) is 0 Å². The Bertz CT molecular complexity index is 958. The standard InChI is InChI=1S/C23H26FN3O/c1-3-28-15-20-5-4-12-27(20)23-13-16(2)25-22-14-19(10-11-21(22)23)26-18-8-6-17(24)7-9-18/h6-11,13-14,20,26H,3-5,12,15H2,1-2H3/t20-/m0/s1. The highest BCUT2D eigenvalue weighted by atomic mass is 19.1. The average molecular weight is 379 g/mol. The molecule has 0 radical (unpaired) electrons. The van der Waals surface area contributed by atoms with Gasteiger partial charge in [-0.15, -0.1) is 0 Å². The molecule has 0 unspecified atom stereocenters. The minimum absolute atomic E-state index is 0.238. The van der Waals surface area contributed by atoms with E-state index in [1.165, 1.54) is 24.2 Å². The number of rotatable bonds is 6. The molecule has 2 aromatic carbocycles. The van der Waals surface area contributed by atoms with E-state index < -0.39 is 0 Å². The molecule has 0 saturated carbocycles. The molecule has 1 saturated heterocycles. The number of hydrogen-bond donors (Lipinski definition) is 1. The summed E-state index contributed by atoms with van der Waals surface area (Å²) in [6.07, 6.45) is 2.35. The van der Waals surface area contributed by atoms with Crippen molar-refractivity contribution in [3.8, 4) is 0 Å². The maximum absolute atomic E-state index is 13.1. The zero-order valence-electron chi connectivity index (χ0n) is 16.4. The van der Waals surface area contributed by atoms with Gasteiger partial charge < -0.3 is 15.0 Å². The van der Waals surface area contributed by atoms with Crippen LogP contribution in [-0.4, -0.2) is 30.8 Å². The molecule has 4 rings (SSSR count). The molecule has 0 amide bonds. The van der Waals surface area contributed by atoms with Crippen LogP contribution in [0.5, 0.6) is 0 Å². The second-order valence-electron chi connectivity index (χ2n) is 7.30. The van der Waals surface area contributed by atoms with Crippen LogP contribution in [-0.2, 0) is 4.74 Å². The van der Waals surface area contributed by atoms with Crippen molar-refractivity contribution < 1.29 is 9.13 Å². The fraction of sp³-hybridized carbons (Fsp3) is 0.348. The van der Waals surface area contributed by atoms with Crippen molar-refractivity contribution in [2.24, 2.45) is 0 Å². The van der Waals surface area contributed by atoms with E-state index in [1.807, 2.05) is 13.8 Å². The molecule has 0 spiro atoms. The van der Waals surface area contributed by atoms with E-state index in [4.69, 9.17) is 9.72 Å². The molecule has 0 bridgehead atoms. The lowest BCUT2D eigenvalue weighted by Crippen LogP contribution is -2.33. The summed E-state index contributed by atoms with van der Waals surface area (Å²) in [5.41, 5.74) is 4.99. The molecule has 146 valence electrons. The fourth-order valence-corrected chi connectivity index (χ4v) is 3.93. The van der Waals surface area contributed by atoms with E-state index >= 15 is 0 Å². The van der Waals surface area contributed by atoms with Gasteiger partial charge in [0.1, 0.15) is 5.82 Å². The molecule has 1 aliphatic heterocycles. The molecule has 0 aliphatic carbocycles. The summed E-state index contributed by atoms with van der Waals surface area (Å²) in [6, 6.07) is 15.2. The minimum Gasteiger partial charge on any atom is -0.380 e. The van der Waals surface area contributed by atoms with Gasteiger partial charge in [-0.3, -0.25) is 4.98 Å². The SMILES string of the molecule is CCOC[C@@H]1CCCN1c1cc(C)nc2cc(Nc3ccc(F)cc3)ccc12. The zero-order valence-corrected chi connectivity index (χ0v) is 16.4. The van der Waals surface area contributed by atoms with Gasteiger partial charge in [0.2, 0.25) is 0 Å². The number of fused-ring (bicyclic) bond motifs is 1. The van der Waals surface area contributed by atoms with Crippen LogP contribution in [0, 0.1) is 12.7 Å². The summed E-state index contributed by atoms with van der Waals surface area (Å²) in [5, 5.41) is 4.48. The van der Waals surface area contributed by atoms with Gasteiger partial charge >= 0.3 is 0 Å². The van der Waals surface area contributed by atoms with Crippen LogP contribution >= 0.6 is 0 Å². The average Bonchev–Trinajstić information content (AvgIpc) is 3.15.